The van der Waals surface area contributed by atoms with Crippen LogP contribution in [0.1, 0.15) is 12.5 Å². The van der Waals surface area contributed by atoms with Crippen molar-refractivity contribution in [1.82, 2.24) is 10.0 Å². The fraction of sp³-hybridized carbons (Fsp3) is 0.286. The molecule has 176 valence electrons. The predicted molar refractivity (Wildman–Crippen MR) is 122 cm³/mol. The molecule has 2 rings (SSSR count). The lowest BCUT2D eigenvalue weighted by molar-refractivity contribution is -0.121. The molecular formula is C21H22F2N4O4S2. The summed E-state index contributed by atoms with van der Waals surface area (Å²) in [7, 11) is -3.89. The number of carbonyl (C=O) groups excluding carboxylic acids is 1. The van der Waals surface area contributed by atoms with Gasteiger partial charge >= 0.3 is 6.61 Å². The highest BCUT2D eigenvalue weighted by Gasteiger charge is 2.20. The Kier molecular flexibility index (Phi) is 10.1. The van der Waals surface area contributed by atoms with Crippen molar-refractivity contribution < 1.29 is 26.7 Å². The summed E-state index contributed by atoms with van der Waals surface area (Å²) < 4.78 is 57.0. The summed E-state index contributed by atoms with van der Waals surface area (Å²) in [5, 5.41) is 11.1. The van der Waals surface area contributed by atoms with Crippen LogP contribution in [-0.4, -0.2) is 45.1 Å². The fourth-order valence-corrected chi connectivity index (χ4v) is 4.74. The van der Waals surface area contributed by atoms with E-state index >= 15 is 0 Å². The SMILES string of the molecule is CC(=N[C@@H](CSCc1ccccc1OC(F)F)C(=O)NCC#N)NS(=O)(=O)c1ccccc1. The maximum Gasteiger partial charge on any atom is 0.387 e. The van der Waals surface area contributed by atoms with E-state index < -0.39 is 28.6 Å². The first kappa shape index (κ1) is 26.1. The van der Waals surface area contributed by atoms with Crippen LogP contribution in [0.5, 0.6) is 5.75 Å². The summed E-state index contributed by atoms with van der Waals surface area (Å²) in [6.45, 7) is -1.80. The molecule has 1 atom stereocenters. The van der Waals surface area contributed by atoms with Crippen molar-refractivity contribution >= 4 is 33.5 Å². The van der Waals surface area contributed by atoms with E-state index in [2.05, 4.69) is 19.8 Å². The molecule has 12 heteroatoms. The van der Waals surface area contributed by atoms with Crippen molar-refractivity contribution in [2.75, 3.05) is 12.3 Å². The number of carbonyl (C=O) groups is 1. The average Bonchev–Trinajstić information content (AvgIpc) is 2.77. The Bertz CT molecular complexity index is 1110. The molecule has 2 aromatic rings. The molecule has 0 heterocycles. The molecule has 0 radical (unpaired) electrons. The van der Waals surface area contributed by atoms with Crippen LogP contribution < -0.4 is 14.8 Å². The number of amides is 1. The Hall–Kier alpha value is -3.17. The molecule has 0 aromatic heterocycles. The second-order valence-electron chi connectivity index (χ2n) is 6.53. The number of nitrogens with zero attached hydrogens (tertiary/aromatic N) is 2. The monoisotopic (exact) mass is 496 g/mol. The maximum atomic E-state index is 12.6. The van der Waals surface area contributed by atoms with Crippen LogP contribution in [0, 0.1) is 11.3 Å². The summed E-state index contributed by atoms with van der Waals surface area (Å²) in [6.07, 6.45) is 0. The smallest absolute Gasteiger partial charge is 0.387 e. The van der Waals surface area contributed by atoms with Gasteiger partial charge in [-0.2, -0.15) is 25.8 Å². The molecule has 2 N–H and O–H groups in total. The van der Waals surface area contributed by atoms with Crippen LogP contribution in [0.2, 0.25) is 0 Å². The molecule has 0 saturated carbocycles. The van der Waals surface area contributed by atoms with E-state index in [1.807, 2.05) is 0 Å². The van der Waals surface area contributed by atoms with Crippen molar-refractivity contribution in [3.8, 4) is 11.8 Å². The van der Waals surface area contributed by atoms with Crippen molar-refractivity contribution in [3.05, 3.63) is 60.2 Å². The van der Waals surface area contributed by atoms with Gasteiger partial charge in [0.15, 0.2) is 0 Å². The van der Waals surface area contributed by atoms with E-state index in [9.17, 15) is 22.0 Å². The highest BCUT2D eigenvalue weighted by Crippen LogP contribution is 2.25. The van der Waals surface area contributed by atoms with E-state index in [0.29, 0.717) is 5.56 Å². The molecular weight excluding hydrogens is 474 g/mol. The minimum absolute atomic E-state index is 0.0157. The molecule has 0 fully saturated rings. The van der Waals surface area contributed by atoms with Gasteiger partial charge in [0.2, 0.25) is 5.91 Å². The van der Waals surface area contributed by atoms with E-state index in [1.54, 1.807) is 42.5 Å². The standard InChI is InChI=1S/C21H22F2N4O4S2/c1-15(27-33(29,30)17-8-3-2-4-9-17)26-18(20(28)25-12-11-24)14-32-13-16-7-5-6-10-19(16)31-21(22)23/h2-10,18,21H,12-14H2,1H3,(H,25,28)(H,26,27)/t18-/m0/s1. The fourth-order valence-electron chi connectivity index (χ4n) is 2.64. The number of para-hydroxylation sites is 1. The minimum Gasteiger partial charge on any atom is -0.435 e. The first-order valence-corrected chi connectivity index (χ1v) is 12.2. The van der Waals surface area contributed by atoms with Crippen LogP contribution in [-0.2, 0) is 20.6 Å². The third kappa shape index (κ3) is 8.70. The van der Waals surface area contributed by atoms with Crippen LogP contribution in [0.25, 0.3) is 0 Å². The zero-order chi connectivity index (χ0) is 24.3. The summed E-state index contributed by atoms with van der Waals surface area (Å²) in [5.74, 6) is -0.210. The van der Waals surface area contributed by atoms with Crippen LogP contribution in [0.3, 0.4) is 0 Å². The molecule has 0 aliphatic carbocycles. The predicted octanol–water partition coefficient (Wildman–Crippen LogP) is 2.93. The Balaban J connectivity index is 2.12. The summed E-state index contributed by atoms with van der Waals surface area (Å²) in [5.41, 5.74) is 0.504. The second kappa shape index (κ2) is 12.8. The highest BCUT2D eigenvalue weighted by atomic mass is 32.2. The number of amidine groups is 1. The van der Waals surface area contributed by atoms with E-state index in [4.69, 9.17) is 5.26 Å². The van der Waals surface area contributed by atoms with Gasteiger partial charge in [0.1, 0.15) is 24.2 Å². The summed E-state index contributed by atoms with van der Waals surface area (Å²) in [4.78, 5) is 16.7. The van der Waals surface area contributed by atoms with Gasteiger partial charge < -0.3 is 10.1 Å². The molecule has 0 unspecified atom stereocenters. The molecule has 33 heavy (non-hydrogen) atoms. The number of thioether (sulfide) groups is 1. The van der Waals surface area contributed by atoms with Gasteiger partial charge in [-0.05, 0) is 25.1 Å². The summed E-state index contributed by atoms with van der Waals surface area (Å²) in [6, 6.07) is 14.7. The lowest BCUT2D eigenvalue weighted by Crippen LogP contribution is -2.38. The minimum atomic E-state index is -3.89. The number of hydrogen-bond acceptors (Lipinski definition) is 7. The van der Waals surface area contributed by atoms with Gasteiger partial charge in [0.25, 0.3) is 10.0 Å². The van der Waals surface area contributed by atoms with Gasteiger partial charge in [-0.3, -0.25) is 14.5 Å². The first-order chi connectivity index (χ1) is 15.7. The number of hydrogen-bond donors (Lipinski definition) is 2. The van der Waals surface area contributed by atoms with E-state index in [-0.39, 0.29) is 34.5 Å². The van der Waals surface area contributed by atoms with Gasteiger partial charge in [0, 0.05) is 17.1 Å². The maximum absolute atomic E-state index is 12.6. The zero-order valence-electron chi connectivity index (χ0n) is 17.6. The Morgan fingerprint density at radius 2 is 1.85 bits per heavy atom. The molecule has 2 aromatic carbocycles. The molecule has 0 saturated heterocycles. The number of halogens is 2. The molecule has 1 amide bonds. The highest BCUT2D eigenvalue weighted by molar-refractivity contribution is 7.98. The lowest BCUT2D eigenvalue weighted by Gasteiger charge is -2.15. The van der Waals surface area contributed by atoms with Crippen molar-refractivity contribution in [2.24, 2.45) is 4.99 Å². The van der Waals surface area contributed by atoms with Crippen molar-refractivity contribution in [2.45, 2.75) is 30.2 Å². The van der Waals surface area contributed by atoms with Crippen LogP contribution >= 0.6 is 11.8 Å². The average molecular weight is 497 g/mol. The van der Waals surface area contributed by atoms with Crippen LogP contribution in [0.4, 0.5) is 8.78 Å². The Morgan fingerprint density at radius 3 is 2.52 bits per heavy atom. The first-order valence-electron chi connectivity index (χ1n) is 9.60. The van der Waals surface area contributed by atoms with Crippen molar-refractivity contribution in [1.29, 1.82) is 5.26 Å². The molecule has 0 aliphatic heterocycles. The third-order valence-corrected chi connectivity index (χ3v) is 6.57. The van der Waals surface area contributed by atoms with E-state index in [0.717, 1.165) is 0 Å². The number of nitriles is 1. The van der Waals surface area contributed by atoms with Gasteiger partial charge in [-0.15, -0.1) is 0 Å². The normalized spacial score (nSPS) is 12.6. The molecule has 8 nitrogen and oxygen atoms in total. The number of nitrogens with one attached hydrogen (secondary N) is 2. The Labute approximate surface area is 195 Å². The number of alkyl halides is 2. The topological polar surface area (TPSA) is 121 Å². The van der Waals surface area contributed by atoms with Crippen molar-refractivity contribution in [3.63, 3.8) is 0 Å². The second-order valence-corrected chi connectivity index (χ2v) is 9.24. The molecule has 0 bridgehead atoms. The molecule has 0 aliphatic rings. The van der Waals surface area contributed by atoms with Crippen LogP contribution in [0.15, 0.2) is 64.5 Å². The van der Waals surface area contributed by atoms with Gasteiger partial charge in [-0.25, -0.2) is 8.42 Å². The number of ether oxygens (including phenoxy) is 1. The zero-order valence-corrected chi connectivity index (χ0v) is 19.2. The number of aliphatic imine (C=N–C) groups is 1. The Morgan fingerprint density at radius 1 is 1.18 bits per heavy atom. The largest absolute Gasteiger partial charge is 0.435 e. The summed E-state index contributed by atoms with van der Waals surface area (Å²) >= 11 is 1.22. The van der Waals surface area contributed by atoms with Gasteiger partial charge in [-0.1, -0.05) is 36.4 Å². The van der Waals surface area contributed by atoms with E-state index in [1.165, 1.54) is 36.9 Å². The molecule has 0 spiro atoms. The third-order valence-electron chi connectivity index (χ3n) is 4.05. The van der Waals surface area contributed by atoms with Gasteiger partial charge in [0.05, 0.1) is 11.0 Å². The number of benzene rings is 2. The lowest BCUT2D eigenvalue weighted by atomic mass is 10.2. The number of rotatable bonds is 11. The number of sulfonamides is 1. The quantitative estimate of drug-likeness (QED) is 0.280.